The van der Waals surface area contributed by atoms with E-state index < -0.39 is 4.92 Å². The Morgan fingerprint density at radius 2 is 1.90 bits per heavy atom. The van der Waals surface area contributed by atoms with E-state index in [1.54, 1.807) is 12.3 Å². The second kappa shape index (κ2) is 9.61. The first-order chi connectivity index (χ1) is 15.1. The highest BCUT2D eigenvalue weighted by Crippen LogP contribution is 2.21. The minimum absolute atomic E-state index is 0.0300. The van der Waals surface area contributed by atoms with Crippen LogP contribution in [-0.4, -0.2) is 57.6 Å². The number of rotatable bonds is 7. The molecule has 1 aliphatic heterocycles. The smallest absolute Gasteiger partial charge is 0.287 e. The minimum atomic E-state index is -0.466. The Morgan fingerprint density at radius 3 is 2.58 bits per heavy atom. The SMILES string of the molecule is O=C(CSCc1coc(-c2ccccc2)n1)N1CCN(c2ccc([N+](=O)[O-])cn2)CC1. The van der Waals surface area contributed by atoms with Crippen molar-refractivity contribution in [1.29, 1.82) is 0 Å². The standard InChI is InChI=1S/C21H21N5O4S/c27-20(15-31-14-17-13-30-21(23-17)16-4-2-1-3-5-16)25-10-8-24(9-11-25)19-7-6-18(12-22-19)26(28)29/h1-7,12-13H,8-11,14-15H2. The van der Waals surface area contributed by atoms with Crippen LogP contribution in [0.4, 0.5) is 11.5 Å². The van der Waals surface area contributed by atoms with Gasteiger partial charge in [-0.25, -0.2) is 9.97 Å². The van der Waals surface area contributed by atoms with Crippen LogP contribution in [0.2, 0.25) is 0 Å². The average molecular weight is 439 g/mol. The molecule has 0 N–H and O–H groups in total. The number of anilines is 1. The van der Waals surface area contributed by atoms with Gasteiger partial charge < -0.3 is 14.2 Å². The fourth-order valence-corrected chi connectivity index (χ4v) is 4.08. The number of hydrogen-bond donors (Lipinski definition) is 0. The normalized spacial score (nSPS) is 13.9. The summed E-state index contributed by atoms with van der Waals surface area (Å²) in [6, 6.07) is 12.8. The van der Waals surface area contributed by atoms with Crippen molar-refractivity contribution in [1.82, 2.24) is 14.9 Å². The summed E-state index contributed by atoms with van der Waals surface area (Å²) in [7, 11) is 0. The molecular formula is C21H21N5O4S. The molecule has 3 aromatic rings. The lowest BCUT2D eigenvalue weighted by atomic mass is 10.2. The lowest BCUT2D eigenvalue weighted by molar-refractivity contribution is -0.385. The van der Waals surface area contributed by atoms with Crippen LogP contribution in [0, 0.1) is 10.1 Å². The maximum atomic E-state index is 12.5. The van der Waals surface area contributed by atoms with E-state index in [2.05, 4.69) is 9.97 Å². The molecule has 0 atom stereocenters. The molecule has 1 aromatic carbocycles. The van der Waals surface area contributed by atoms with Gasteiger partial charge in [-0.05, 0) is 18.2 Å². The van der Waals surface area contributed by atoms with Crippen molar-refractivity contribution in [2.45, 2.75) is 5.75 Å². The number of nitro groups is 1. The Kier molecular flexibility index (Phi) is 6.46. The predicted molar refractivity (Wildman–Crippen MR) is 118 cm³/mol. The number of pyridine rings is 1. The van der Waals surface area contributed by atoms with Crippen LogP contribution in [0.15, 0.2) is 59.3 Å². The number of hydrogen-bond acceptors (Lipinski definition) is 8. The molecule has 3 heterocycles. The number of carbonyl (C=O) groups is 1. The van der Waals surface area contributed by atoms with Crippen LogP contribution in [0.1, 0.15) is 5.69 Å². The average Bonchev–Trinajstić information content (AvgIpc) is 3.29. The monoisotopic (exact) mass is 439 g/mol. The van der Waals surface area contributed by atoms with Crippen LogP contribution < -0.4 is 4.90 Å². The van der Waals surface area contributed by atoms with Gasteiger partial charge in [0.25, 0.3) is 5.69 Å². The Bertz CT molecular complexity index is 1030. The van der Waals surface area contributed by atoms with Crippen LogP contribution in [0.3, 0.4) is 0 Å². The van der Waals surface area contributed by atoms with Gasteiger partial charge in [0, 0.05) is 43.6 Å². The molecule has 1 saturated heterocycles. The third-order valence-corrected chi connectivity index (χ3v) is 5.90. The predicted octanol–water partition coefficient (Wildman–Crippen LogP) is 3.23. The summed E-state index contributed by atoms with van der Waals surface area (Å²) in [6.45, 7) is 2.48. The molecule has 1 amide bonds. The van der Waals surface area contributed by atoms with Gasteiger partial charge in [0.05, 0.1) is 16.4 Å². The summed E-state index contributed by atoms with van der Waals surface area (Å²) >= 11 is 1.51. The summed E-state index contributed by atoms with van der Waals surface area (Å²) in [5, 5.41) is 10.7. The fraction of sp³-hybridized carbons (Fsp3) is 0.286. The zero-order chi connectivity index (χ0) is 21.6. The van der Waals surface area contributed by atoms with E-state index in [1.807, 2.05) is 40.1 Å². The van der Waals surface area contributed by atoms with E-state index in [4.69, 9.17) is 4.42 Å². The molecule has 1 fully saturated rings. The van der Waals surface area contributed by atoms with Crippen molar-refractivity contribution in [3.8, 4) is 11.5 Å². The minimum Gasteiger partial charge on any atom is -0.444 e. The second-order valence-electron chi connectivity index (χ2n) is 7.00. The fourth-order valence-electron chi connectivity index (χ4n) is 3.28. The van der Waals surface area contributed by atoms with Crippen LogP contribution in [-0.2, 0) is 10.5 Å². The van der Waals surface area contributed by atoms with Gasteiger partial charge in [0.15, 0.2) is 0 Å². The number of aromatic nitrogens is 2. The second-order valence-corrected chi connectivity index (χ2v) is 7.99. The zero-order valence-electron chi connectivity index (χ0n) is 16.7. The van der Waals surface area contributed by atoms with Gasteiger partial charge in [0.2, 0.25) is 11.8 Å². The highest BCUT2D eigenvalue weighted by molar-refractivity contribution is 7.99. The molecule has 160 valence electrons. The van der Waals surface area contributed by atoms with Gasteiger partial charge in [-0.1, -0.05) is 18.2 Å². The van der Waals surface area contributed by atoms with Gasteiger partial charge in [-0.15, -0.1) is 11.8 Å². The number of oxazole rings is 1. The van der Waals surface area contributed by atoms with E-state index in [1.165, 1.54) is 24.0 Å². The number of nitrogens with zero attached hydrogens (tertiary/aromatic N) is 5. The van der Waals surface area contributed by atoms with E-state index in [0.29, 0.717) is 49.4 Å². The van der Waals surface area contributed by atoms with E-state index in [9.17, 15) is 14.9 Å². The van der Waals surface area contributed by atoms with Gasteiger partial charge in [0.1, 0.15) is 18.3 Å². The lowest BCUT2D eigenvalue weighted by Gasteiger charge is -2.35. The molecule has 9 nitrogen and oxygen atoms in total. The largest absolute Gasteiger partial charge is 0.444 e. The molecule has 0 radical (unpaired) electrons. The maximum Gasteiger partial charge on any atom is 0.287 e. The van der Waals surface area contributed by atoms with E-state index in [-0.39, 0.29) is 11.6 Å². The molecule has 10 heteroatoms. The molecule has 0 unspecified atom stereocenters. The molecule has 0 aliphatic carbocycles. The number of benzene rings is 1. The van der Waals surface area contributed by atoms with Crippen molar-refractivity contribution in [3.63, 3.8) is 0 Å². The lowest BCUT2D eigenvalue weighted by Crippen LogP contribution is -2.49. The van der Waals surface area contributed by atoms with Crippen molar-refractivity contribution in [2.24, 2.45) is 0 Å². The van der Waals surface area contributed by atoms with Gasteiger partial charge in [-0.2, -0.15) is 0 Å². The Morgan fingerprint density at radius 1 is 1.13 bits per heavy atom. The van der Waals surface area contributed by atoms with Crippen LogP contribution >= 0.6 is 11.8 Å². The summed E-state index contributed by atoms with van der Waals surface area (Å²) < 4.78 is 5.53. The summed E-state index contributed by atoms with van der Waals surface area (Å²) in [4.78, 5) is 35.3. The topological polar surface area (TPSA) is 106 Å². The van der Waals surface area contributed by atoms with E-state index >= 15 is 0 Å². The molecule has 0 saturated carbocycles. The summed E-state index contributed by atoms with van der Waals surface area (Å²) in [5.74, 6) is 2.34. The quantitative estimate of drug-likeness (QED) is 0.408. The van der Waals surface area contributed by atoms with Crippen LogP contribution in [0.25, 0.3) is 11.5 Å². The molecule has 1 aliphatic rings. The molecule has 0 spiro atoms. The molecule has 31 heavy (non-hydrogen) atoms. The van der Waals surface area contributed by atoms with Gasteiger partial charge in [-0.3, -0.25) is 14.9 Å². The van der Waals surface area contributed by atoms with Crippen molar-refractivity contribution in [3.05, 3.63) is 70.7 Å². The highest BCUT2D eigenvalue weighted by Gasteiger charge is 2.22. The summed E-state index contributed by atoms with van der Waals surface area (Å²) in [6.07, 6.45) is 2.90. The third kappa shape index (κ3) is 5.21. The molecule has 4 rings (SSSR count). The van der Waals surface area contributed by atoms with E-state index in [0.717, 1.165) is 11.3 Å². The first-order valence-corrected chi connectivity index (χ1v) is 11.0. The number of thioether (sulfide) groups is 1. The number of carbonyl (C=O) groups excluding carboxylic acids is 1. The summed E-state index contributed by atoms with van der Waals surface area (Å²) in [5.41, 5.74) is 1.71. The molecule has 2 aromatic heterocycles. The third-order valence-electron chi connectivity index (χ3n) is 4.95. The molecular weight excluding hydrogens is 418 g/mol. The Balaban J connectivity index is 1.22. The Labute approximate surface area is 183 Å². The highest BCUT2D eigenvalue weighted by atomic mass is 32.2. The molecule has 0 bridgehead atoms. The maximum absolute atomic E-state index is 12.5. The van der Waals surface area contributed by atoms with Crippen molar-refractivity contribution in [2.75, 3.05) is 36.8 Å². The van der Waals surface area contributed by atoms with Crippen molar-refractivity contribution >= 4 is 29.2 Å². The van der Waals surface area contributed by atoms with Crippen LogP contribution in [0.5, 0.6) is 0 Å². The van der Waals surface area contributed by atoms with Gasteiger partial charge >= 0.3 is 0 Å². The van der Waals surface area contributed by atoms with Crippen molar-refractivity contribution < 1.29 is 14.1 Å². The first kappa shape index (κ1) is 20.9. The first-order valence-electron chi connectivity index (χ1n) is 9.81. The zero-order valence-corrected chi connectivity index (χ0v) is 17.5. The number of piperazine rings is 1. The number of amides is 1. The Hall–Kier alpha value is -3.40.